The average molecular weight is 384 g/mol. The lowest BCUT2D eigenvalue weighted by Gasteiger charge is -2.22. The molecule has 1 atom stereocenters. The van der Waals surface area contributed by atoms with Crippen LogP contribution in [0.3, 0.4) is 0 Å². The molecule has 2 nitrogen and oxygen atoms in total. The van der Waals surface area contributed by atoms with Crippen molar-refractivity contribution < 1.29 is 4.79 Å². The van der Waals surface area contributed by atoms with E-state index in [1.165, 1.54) is 62.7 Å². The zero-order valence-corrected chi connectivity index (χ0v) is 18.5. The Bertz CT molecular complexity index is 587. The van der Waals surface area contributed by atoms with E-state index >= 15 is 0 Å². The Hall–Kier alpha value is -1.41. The van der Waals surface area contributed by atoms with Gasteiger partial charge in [-0.2, -0.15) is 0 Å². The van der Waals surface area contributed by atoms with Crippen molar-refractivity contribution in [3.63, 3.8) is 0 Å². The van der Waals surface area contributed by atoms with Gasteiger partial charge in [0.2, 0.25) is 0 Å². The molecule has 0 N–H and O–H groups in total. The lowest BCUT2D eigenvalue weighted by atomic mass is 9.91. The summed E-state index contributed by atoms with van der Waals surface area (Å²) in [6, 6.07) is 8.69. The summed E-state index contributed by atoms with van der Waals surface area (Å²) >= 11 is 0. The number of hydrogen-bond acceptors (Lipinski definition) is 2. The smallest absolute Gasteiger partial charge is 0.140 e. The lowest BCUT2D eigenvalue weighted by molar-refractivity contribution is -0.120. The van der Waals surface area contributed by atoms with Crippen molar-refractivity contribution in [2.45, 2.75) is 84.5 Å². The van der Waals surface area contributed by atoms with Gasteiger partial charge in [-0.25, -0.2) is 0 Å². The number of unbranched alkanes of at least 4 members (excludes halogenated alkanes) is 5. The van der Waals surface area contributed by atoms with E-state index in [2.05, 4.69) is 62.1 Å². The Morgan fingerprint density at radius 1 is 0.929 bits per heavy atom. The van der Waals surface area contributed by atoms with Gasteiger partial charge in [-0.3, -0.25) is 9.69 Å². The summed E-state index contributed by atoms with van der Waals surface area (Å²) in [6.07, 6.45) is 15.1. The molecule has 1 aliphatic rings. The summed E-state index contributed by atoms with van der Waals surface area (Å²) < 4.78 is 0. The number of hydrogen-bond donors (Lipinski definition) is 0. The number of Topliss-reactive ketones (excluding diaryl/α,β-unsaturated/α-hetero) is 1. The molecule has 2 heteroatoms. The molecule has 1 heterocycles. The molecule has 1 aliphatic heterocycles. The summed E-state index contributed by atoms with van der Waals surface area (Å²) in [7, 11) is 0. The molecular formula is C26H41NO. The van der Waals surface area contributed by atoms with Gasteiger partial charge >= 0.3 is 0 Å². The van der Waals surface area contributed by atoms with E-state index in [1.54, 1.807) is 0 Å². The minimum atomic E-state index is 0.0340. The van der Waals surface area contributed by atoms with E-state index in [1.807, 2.05) is 0 Å². The Labute approximate surface area is 173 Å². The first-order chi connectivity index (χ1) is 13.6. The van der Waals surface area contributed by atoms with Crippen LogP contribution in [0.25, 0.3) is 0 Å². The van der Waals surface area contributed by atoms with Crippen LogP contribution in [0.2, 0.25) is 0 Å². The van der Waals surface area contributed by atoms with Gasteiger partial charge in [0, 0.05) is 25.4 Å². The number of rotatable bonds is 13. The lowest BCUT2D eigenvalue weighted by Crippen LogP contribution is -2.28. The Morgan fingerprint density at radius 3 is 2.25 bits per heavy atom. The van der Waals surface area contributed by atoms with Crippen LogP contribution in [0.5, 0.6) is 0 Å². The van der Waals surface area contributed by atoms with Crippen LogP contribution in [0, 0.1) is 5.92 Å². The third-order valence-corrected chi connectivity index (χ3v) is 5.90. The molecule has 0 saturated heterocycles. The fraction of sp³-hybridized carbons (Fsp3) is 0.654. The van der Waals surface area contributed by atoms with E-state index < -0.39 is 0 Å². The van der Waals surface area contributed by atoms with Crippen LogP contribution >= 0.6 is 0 Å². The molecule has 0 amide bonds. The van der Waals surface area contributed by atoms with Crippen LogP contribution in [0.1, 0.15) is 89.2 Å². The standard InChI is InChI=1S/C26H41NO/c1-22(2)21-24-14-16-25(17-15-24)23(3)26(28)13-9-6-4-5-7-10-18-27-19-11-8-12-20-27/h8,11,14-17,22-23H,4-7,9-10,12-13,18-21H2,1-3H3. The van der Waals surface area contributed by atoms with Crippen LogP contribution in [-0.4, -0.2) is 30.3 Å². The van der Waals surface area contributed by atoms with Crippen molar-refractivity contribution in [3.05, 3.63) is 47.5 Å². The first kappa shape index (κ1) is 22.9. The van der Waals surface area contributed by atoms with Crippen molar-refractivity contribution in [3.8, 4) is 0 Å². The number of carbonyl (C=O) groups excluding carboxylic acids is 1. The predicted molar refractivity (Wildman–Crippen MR) is 121 cm³/mol. The predicted octanol–water partition coefficient (Wildman–Crippen LogP) is 6.55. The van der Waals surface area contributed by atoms with E-state index in [4.69, 9.17) is 0 Å². The number of nitrogens with zero attached hydrogens (tertiary/aromatic N) is 1. The minimum Gasteiger partial charge on any atom is -0.299 e. The summed E-state index contributed by atoms with van der Waals surface area (Å²) in [4.78, 5) is 15.1. The third-order valence-electron chi connectivity index (χ3n) is 5.90. The third kappa shape index (κ3) is 8.73. The highest BCUT2D eigenvalue weighted by Crippen LogP contribution is 2.21. The van der Waals surface area contributed by atoms with Crippen LogP contribution in [0.4, 0.5) is 0 Å². The Balaban J connectivity index is 1.53. The number of benzene rings is 1. The second-order valence-corrected chi connectivity index (χ2v) is 8.96. The molecule has 1 aromatic carbocycles. The highest BCUT2D eigenvalue weighted by molar-refractivity contribution is 5.85. The van der Waals surface area contributed by atoms with Gasteiger partial charge in [0.15, 0.2) is 0 Å². The zero-order valence-electron chi connectivity index (χ0n) is 18.5. The van der Waals surface area contributed by atoms with Crippen molar-refractivity contribution in [1.82, 2.24) is 4.90 Å². The summed E-state index contributed by atoms with van der Waals surface area (Å²) in [5, 5.41) is 0. The molecule has 0 bridgehead atoms. The highest BCUT2D eigenvalue weighted by atomic mass is 16.1. The van der Waals surface area contributed by atoms with E-state index in [0.29, 0.717) is 11.7 Å². The average Bonchev–Trinajstić information content (AvgIpc) is 2.70. The molecule has 0 spiro atoms. The van der Waals surface area contributed by atoms with Gasteiger partial charge in [0.1, 0.15) is 5.78 Å². The van der Waals surface area contributed by atoms with Crippen molar-refractivity contribution >= 4 is 5.78 Å². The Morgan fingerprint density at radius 2 is 1.61 bits per heavy atom. The van der Waals surface area contributed by atoms with Crippen LogP contribution in [0.15, 0.2) is 36.4 Å². The quantitative estimate of drug-likeness (QED) is 0.284. The molecule has 1 unspecified atom stereocenters. The van der Waals surface area contributed by atoms with Crippen molar-refractivity contribution in [2.75, 3.05) is 19.6 Å². The molecule has 0 fully saturated rings. The van der Waals surface area contributed by atoms with Gasteiger partial charge in [0.25, 0.3) is 0 Å². The fourth-order valence-corrected chi connectivity index (χ4v) is 4.05. The summed E-state index contributed by atoms with van der Waals surface area (Å²) in [6.45, 7) is 10.2. The fourth-order valence-electron chi connectivity index (χ4n) is 4.05. The first-order valence-corrected chi connectivity index (χ1v) is 11.5. The van der Waals surface area contributed by atoms with E-state index in [-0.39, 0.29) is 5.92 Å². The Kier molecular flexibility index (Phi) is 10.6. The molecule has 0 radical (unpaired) electrons. The molecule has 156 valence electrons. The molecule has 0 saturated carbocycles. The maximum absolute atomic E-state index is 12.5. The molecule has 2 rings (SSSR count). The SMILES string of the molecule is CC(C)Cc1ccc(C(C)C(=O)CCCCCCCCN2CC=CCC2)cc1. The maximum atomic E-state index is 12.5. The van der Waals surface area contributed by atoms with Crippen molar-refractivity contribution in [2.24, 2.45) is 5.92 Å². The molecule has 0 aromatic heterocycles. The van der Waals surface area contributed by atoms with Crippen LogP contribution in [-0.2, 0) is 11.2 Å². The largest absolute Gasteiger partial charge is 0.299 e. The summed E-state index contributed by atoms with van der Waals surface area (Å²) in [5.74, 6) is 1.10. The molecule has 28 heavy (non-hydrogen) atoms. The van der Waals surface area contributed by atoms with E-state index in [0.717, 1.165) is 25.8 Å². The van der Waals surface area contributed by atoms with Gasteiger partial charge in [0.05, 0.1) is 0 Å². The van der Waals surface area contributed by atoms with Gasteiger partial charge in [-0.15, -0.1) is 0 Å². The second kappa shape index (κ2) is 12.9. The van der Waals surface area contributed by atoms with E-state index in [9.17, 15) is 4.79 Å². The topological polar surface area (TPSA) is 20.3 Å². The first-order valence-electron chi connectivity index (χ1n) is 11.5. The number of carbonyl (C=O) groups is 1. The van der Waals surface area contributed by atoms with Gasteiger partial charge < -0.3 is 0 Å². The number of ketones is 1. The summed E-state index contributed by atoms with van der Waals surface area (Å²) in [5.41, 5.74) is 2.54. The van der Waals surface area contributed by atoms with Crippen molar-refractivity contribution in [1.29, 1.82) is 0 Å². The maximum Gasteiger partial charge on any atom is 0.140 e. The molecule has 0 aliphatic carbocycles. The van der Waals surface area contributed by atoms with Gasteiger partial charge in [-0.05, 0) is 49.3 Å². The minimum absolute atomic E-state index is 0.0340. The van der Waals surface area contributed by atoms with Crippen LogP contribution < -0.4 is 0 Å². The monoisotopic (exact) mass is 383 g/mol. The zero-order chi connectivity index (χ0) is 20.2. The second-order valence-electron chi connectivity index (χ2n) is 8.96. The van der Waals surface area contributed by atoms with Gasteiger partial charge in [-0.1, -0.05) is 82.9 Å². The molecular weight excluding hydrogens is 342 g/mol. The highest BCUT2D eigenvalue weighted by Gasteiger charge is 2.14. The normalized spacial score (nSPS) is 15.9. The molecule has 1 aromatic rings.